The monoisotopic (exact) mass is 528 g/mol. The average Bonchev–Trinajstić information content (AvgIpc) is 3.55. The van der Waals surface area contributed by atoms with Gasteiger partial charge in [0.25, 0.3) is 0 Å². The molecule has 9 heteroatoms. The lowest BCUT2D eigenvalue weighted by atomic mass is 9.92. The molecule has 38 heavy (non-hydrogen) atoms. The van der Waals surface area contributed by atoms with Gasteiger partial charge in [-0.15, -0.1) is 0 Å². The number of amidine groups is 1. The van der Waals surface area contributed by atoms with Crippen molar-refractivity contribution in [2.24, 2.45) is 4.99 Å². The Morgan fingerprint density at radius 3 is 2.37 bits per heavy atom. The molecule has 3 amide bonds. The minimum absolute atomic E-state index is 0.322. The van der Waals surface area contributed by atoms with Crippen molar-refractivity contribution in [2.75, 3.05) is 30.8 Å². The summed E-state index contributed by atoms with van der Waals surface area (Å²) < 4.78 is 0. The van der Waals surface area contributed by atoms with E-state index >= 15 is 0 Å². The van der Waals surface area contributed by atoms with Gasteiger partial charge in [-0.25, -0.2) is 4.79 Å². The number of nitrogens with zero attached hydrogens (tertiary/aromatic N) is 2. The van der Waals surface area contributed by atoms with Gasteiger partial charge in [0.2, 0.25) is 5.91 Å². The van der Waals surface area contributed by atoms with Crippen molar-refractivity contribution < 1.29 is 9.59 Å². The molecule has 2 unspecified atom stereocenters. The molecule has 0 aliphatic carbocycles. The third-order valence-corrected chi connectivity index (χ3v) is 7.00. The Kier molecular flexibility index (Phi) is 7.33. The van der Waals surface area contributed by atoms with Gasteiger partial charge in [-0.05, 0) is 60.2 Å². The maximum Gasteiger partial charge on any atom is 0.319 e. The van der Waals surface area contributed by atoms with E-state index in [0.29, 0.717) is 16.4 Å². The summed E-state index contributed by atoms with van der Waals surface area (Å²) in [6.07, 6.45) is 1.89. The molecule has 5 rings (SSSR count). The number of amides is 3. The van der Waals surface area contributed by atoms with Crippen LogP contribution < -0.4 is 16.0 Å². The number of rotatable bonds is 7. The van der Waals surface area contributed by atoms with Crippen molar-refractivity contribution in [1.29, 1.82) is 0 Å². The molecule has 0 radical (unpaired) electrons. The van der Waals surface area contributed by atoms with E-state index in [9.17, 15) is 9.59 Å². The van der Waals surface area contributed by atoms with Gasteiger partial charge in [-0.2, -0.15) is 0 Å². The lowest BCUT2D eigenvalue weighted by Crippen LogP contribution is -2.48. The minimum Gasteiger partial charge on any atom is -0.361 e. The number of halogens is 1. The van der Waals surface area contributed by atoms with E-state index < -0.39 is 12.1 Å². The summed E-state index contributed by atoms with van der Waals surface area (Å²) in [5.41, 5.74) is 4.10. The van der Waals surface area contributed by atoms with Gasteiger partial charge in [0.15, 0.2) is 0 Å². The van der Waals surface area contributed by atoms with Gasteiger partial charge < -0.3 is 25.8 Å². The number of benzene rings is 3. The summed E-state index contributed by atoms with van der Waals surface area (Å²) in [5.74, 6) is 0.286. The summed E-state index contributed by atoms with van der Waals surface area (Å²) >= 11 is 5.96. The second kappa shape index (κ2) is 11.0. The number of carbonyl (C=O) groups is 2. The molecule has 2 atom stereocenters. The molecule has 2 heterocycles. The first-order valence-corrected chi connectivity index (χ1v) is 12.8. The lowest BCUT2D eigenvalue weighted by Gasteiger charge is -2.25. The molecule has 0 saturated heterocycles. The Morgan fingerprint density at radius 1 is 0.974 bits per heavy atom. The highest BCUT2D eigenvalue weighted by Crippen LogP contribution is 2.28. The van der Waals surface area contributed by atoms with Crippen LogP contribution in [0.4, 0.5) is 16.2 Å². The Labute approximate surface area is 226 Å². The second-order valence-electron chi connectivity index (χ2n) is 9.35. The van der Waals surface area contributed by atoms with Gasteiger partial charge in [0.05, 0.1) is 6.54 Å². The number of carbonyl (C=O) groups excluding carboxylic acids is 2. The van der Waals surface area contributed by atoms with E-state index in [4.69, 9.17) is 11.6 Å². The largest absolute Gasteiger partial charge is 0.361 e. The van der Waals surface area contributed by atoms with Gasteiger partial charge in [0, 0.05) is 58.6 Å². The third kappa shape index (κ3) is 5.50. The number of nitrogens with one attached hydrogen (secondary N) is 4. The number of anilines is 2. The van der Waals surface area contributed by atoms with E-state index in [1.165, 1.54) is 0 Å². The maximum absolute atomic E-state index is 13.6. The second-order valence-corrected chi connectivity index (χ2v) is 9.79. The van der Waals surface area contributed by atoms with Crippen molar-refractivity contribution in [2.45, 2.75) is 18.9 Å². The number of H-pyrrole nitrogens is 1. The first kappa shape index (κ1) is 25.4. The van der Waals surface area contributed by atoms with E-state index in [1.54, 1.807) is 24.3 Å². The van der Waals surface area contributed by atoms with Gasteiger partial charge in [0.1, 0.15) is 11.9 Å². The number of aliphatic imine (C=N–C) groups is 1. The van der Waals surface area contributed by atoms with Crippen LogP contribution in [0.5, 0.6) is 0 Å². The van der Waals surface area contributed by atoms with Crippen molar-refractivity contribution in [3.8, 4) is 0 Å². The van der Waals surface area contributed by atoms with E-state index in [2.05, 4.69) is 30.8 Å². The van der Waals surface area contributed by atoms with E-state index in [0.717, 1.165) is 41.0 Å². The van der Waals surface area contributed by atoms with Crippen LogP contribution in [0.3, 0.4) is 0 Å². The number of aromatic amines is 1. The third-order valence-electron chi connectivity index (χ3n) is 6.75. The van der Waals surface area contributed by atoms with Gasteiger partial charge in [-0.3, -0.25) is 9.79 Å². The Morgan fingerprint density at radius 2 is 1.66 bits per heavy atom. The summed E-state index contributed by atoms with van der Waals surface area (Å²) in [6, 6.07) is 20.9. The molecule has 0 fully saturated rings. The summed E-state index contributed by atoms with van der Waals surface area (Å²) in [4.78, 5) is 36.5. The highest BCUT2D eigenvalue weighted by Gasteiger charge is 2.30. The minimum atomic E-state index is -0.855. The Balaban J connectivity index is 1.37. The molecule has 1 aliphatic heterocycles. The number of likely N-dealkylation sites (N-methyl/N-ethyl adjacent to an activating group) is 1. The van der Waals surface area contributed by atoms with Crippen molar-refractivity contribution >= 4 is 51.7 Å². The van der Waals surface area contributed by atoms with E-state index in [1.807, 2.05) is 68.7 Å². The molecule has 0 spiro atoms. The topological polar surface area (TPSA) is 102 Å². The van der Waals surface area contributed by atoms with Crippen LogP contribution in [-0.2, 0) is 4.79 Å². The van der Waals surface area contributed by atoms with Crippen molar-refractivity contribution in [1.82, 2.24) is 15.2 Å². The lowest BCUT2D eigenvalue weighted by molar-refractivity contribution is -0.118. The molecular formula is C29H29ClN6O2. The predicted molar refractivity (Wildman–Crippen MR) is 153 cm³/mol. The first-order valence-electron chi connectivity index (χ1n) is 12.4. The zero-order valence-electron chi connectivity index (χ0n) is 21.2. The standard InChI is InChI=1S/C29H29ClN6O2/c1-18(24-17-32-25-6-4-3-5-23(24)25)26(35-29(38)34-22-13-9-20(30)10-14-22)28(37)33-21-11-7-19(8-12-21)27-31-15-16-36(27)2/h3-14,17-18,26,32H,15-16H2,1-2H3,(H,33,37)(H2,34,35,38). The molecule has 0 bridgehead atoms. The quantitative estimate of drug-likeness (QED) is 0.257. The number of hydrogen-bond donors (Lipinski definition) is 4. The summed E-state index contributed by atoms with van der Waals surface area (Å²) in [5, 5.41) is 10.2. The maximum atomic E-state index is 13.6. The zero-order chi connectivity index (χ0) is 26.6. The smallest absolute Gasteiger partial charge is 0.319 e. The average molecular weight is 529 g/mol. The molecule has 1 aliphatic rings. The molecule has 4 N–H and O–H groups in total. The van der Waals surface area contributed by atoms with Crippen LogP contribution in [0.25, 0.3) is 10.9 Å². The zero-order valence-corrected chi connectivity index (χ0v) is 21.9. The SMILES string of the molecule is CC(c1c[nH]c2ccccc12)C(NC(=O)Nc1ccc(Cl)cc1)C(=O)Nc1ccc(C2=NCCN2C)cc1. The molecule has 4 aromatic rings. The Bertz CT molecular complexity index is 1480. The van der Waals surface area contributed by atoms with Gasteiger partial charge >= 0.3 is 6.03 Å². The molecule has 3 aromatic carbocycles. The van der Waals surface area contributed by atoms with Crippen LogP contribution in [0, 0.1) is 0 Å². The molecule has 0 saturated carbocycles. The Hall–Kier alpha value is -4.30. The number of para-hydroxylation sites is 1. The highest BCUT2D eigenvalue weighted by atomic mass is 35.5. The molecule has 8 nitrogen and oxygen atoms in total. The van der Waals surface area contributed by atoms with E-state index in [-0.39, 0.29) is 11.8 Å². The van der Waals surface area contributed by atoms with Crippen molar-refractivity contribution in [3.05, 3.63) is 95.1 Å². The molecule has 194 valence electrons. The van der Waals surface area contributed by atoms with Crippen molar-refractivity contribution in [3.63, 3.8) is 0 Å². The normalized spacial score (nSPS) is 14.6. The summed E-state index contributed by atoms with van der Waals surface area (Å²) in [6.45, 7) is 3.60. The first-order chi connectivity index (χ1) is 18.4. The number of urea groups is 1. The van der Waals surface area contributed by atoms with Crippen LogP contribution in [0.15, 0.2) is 84.0 Å². The fourth-order valence-electron chi connectivity index (χ4n) is 4.68. The highest BCUT2D eigenvalue weighted by molar-refractivity contribution is 6.30. The van der Waals surface area contributed by atoms with Gasteiger partial charge in [-0.1, -0.05) is 36.7 Å². The number of aromatic nitrogens is 1. The number of fused-ring (bicyclic) bond motifs is 1. The molecule has 1 aromatic heterocycles. The molecular weight excluding hydrogens is 500 g/mol. The fraction of sp³-hybridized carbons (Fsp3) is 0.207. The van der Waals surface area contributed by atoms with Crippen LogP contribution in [0.2, 0.25) is 5.02 Å². The fourth-order valence-corrected chi connectivity index (χ4v) is 4.80. The summed E-state index contributed by atoms with van der Waals surface area (Å²) in [7, 11) is 2.01. The van der Waals surface area contributed by atoms with Crippen LogP contribution >= 0.6 is 11.6 Å². The van der Waals surface area contributed by atoms with Crippen LogP contribution in [-0.4, -0.2) is 53.8 Å². The van der Waals surface area contributed by atoms with Crippen LogP contribution in [0.1, 0.15) is 24.0 Å². The number of hydrogen-bond acceptors (Lipinski definition) is 4. The predicted octanol–water partition coefficient (Wildman–Crippen LogP) is 5.45.